The average Bonchev–Trinajstić information content (AvgIpc) is 2.33. The fourth-order valence-electron chi connectivity index (χ4n) is 1.48. The van der Waals surface area contributed by atoms with E-state index in [4.69, 9.17) is 4.74 Å². The zero-order valence-corrected chi connectivity index (χ0v) is 9.92. The van der Waals surface area contributed by atoms with E-state index < -0.39 is 6.10 Å². The molecule has 0 amide bonds. The van der Waals surface area contributed by atoms with Gasteiger partial charge in [-0.3, -0.25) is 0 Å². The summed E-state index contributed by atoms with van der Waals surface area (Å²) in [5, 5.41) is 9.37. The Morgan fingerprint density at radius 3 is 2.53 bits per heavy atom. The molecule has 1 aromatic heterocycles. The van der Waals surface area contributed by atoms with Gasteiger partial charge < -0.3 is 9.84 Å². The zero-order valence-electron chi connectivity index (χ0n) is 9.92. The molecule has 2 aromatic rings. The number of rotatable bonds is 3. The van der Waals surface area contributed by atoms with Crippen molar-refractivity contribution in [1.29, 1.82) is 0 Å². The van der Waals surface area contributed by atoms with Crippen molar-refractivity contribution >= 4 is 0 Å². The second-order valence-corrected chi connectivity index (χ2v) is 3.97. The van der Waals surface area contributed by atoms with Crippen LogP contribution in [0.2, 0.25) is 0 Å². The van der Waals surface area contributed by atoms with Gasteiger partial charge in [0.1, 0.15) is 5.75 Å². The summed E-state index contributed by atoms with van der Waals surface area (Å²) in [6.45, 7) is 3.69. The van der Waals surface area contributed by atoms with Gasteiger partial charge in [-0.25, -0.2) is 4.98 Å². The van der Waals surface area contributed by atoms with Crippen LogP contribution in [0.25, 0.3) is 0 Å². The first-order valence-corrected chi connectivity index (χ1v) is 5.54. The summed E-state index contributed by atoms with van der Waals surface area (Å²) in [7, 11) is 0. The van der Waals surface area contributed by atoms with Gasteiger partial charge in [-0.2, -0.15) is 0 Å². The van der Waals surface area contributed by atoms with Gasteiger partial charge in [-0.05, 0) is 37.1 Å². The van der Waals surface area contributed by atoms with Crippen LogP contribution in [0.15, 0.2) is 42.6 Å². The highest BCUT2D eigenvalue weighted by molar-refractivity contribution is 5.35. The molecule has 0 saturated heterocycles. The van der Waals surface area contributed by atoms with Crippen molar-refractivity contribution in [3.05, 3.63) is 53.7 Å². The van der Waals surface area contributed by atoms with Crippen LogP contribution in [0, 0.1) is 6.92 Å². The molecule has 0 aliphatic rings. The number of benzene rings is 1. The lowest BCUT2D eigenvalue weighted by Crippen LogP contribution is -1.94. The number of aliphatic hydroxyl groups is 1. The number of pyridine rings is 1. The van der Waals surface area contributed by atoms with Crippen LogP contribution >= 0.6 is 0 Å². The lowest BCUT2D eigenvalue weighted by molar-refractivity contribution is 0.198. The summed E-state index contributed by atoms with van der Waals surface area (Å²) in [5.41, 5.74) is 1.84. The lowest BCUT2D eigenvalue weighted by atomic mass is 10.2. The van der Waals surface area contributed by atoms with Crippen molar-refractivity contribution in [2.45, 2.75) is 20.0 Å². The molecule has 0 fully saturated rings. The van der Waals surface area contributed by atoms with Crippen LogP contribution in [0.4, 0.5) is 0 Å². The largest absolute Gasteiger partial charge is 0.439 e. The lowest BCUT2D eigenvalue weighted by Gasteiger charge is -2.08. The monoisotopic (exact) mass is 229 g/mol. The Morgan fingerprint density at radius 2 is 1.94 bits per heavy atom. The molecule has 1 heterocycles. The molecule has 1 N–H and O–H groups in total. The number of aliphatic hydroxyl groups excluding tert-OH is 1. The standard InChI is InChI=1S/C14H15NO2/c1-10-5-3-4-6-13(10)17-14-8-7-12(9-15-14)11(2)16/h3-9,11,16H,1-2H3/t11-/m0/s1. The smallest absolute Gasteiger partial charge is 0.219 e. The van der Waals surface area contributed by atoms with Gasteiger partial charge in [0.2, 0.25) is 5.88 Å². The van der Waals surface area contributed by atoms with Gasteiger partial charge >= 0.3 is 0 Å². The highest BCUT2D eigenvalue weighted by Gasteiger charge is 2.04. The maximum atomic E-state index is 9.37. The molecule has 0 spiro atoms. The molecular weight excluding hydrogens is 214 g/mol. The molecule has 0 bridgehead atoms. The second-order valence-electron chi connectivity index (χ2n) is 3.97. The predicted octanol–water partition coefficient (Wildman–Crippen LogP) is 3.24. The van der Waals surface area contributed by atoms with E-state index in [1.54, 1.807) is 19.2 Å². The quantitative estimate of drug-likeness (QED) is 0.878. The molecule has 0 radical (unpaired) electrons. The topological polar surface area (TPSA) is 42.4 Å². The van der Waals surface area contributed by atoms with Crippen molar-refractivity contribution in [1.82, 2.24) is 4.98 Å². The first kappa shape index (κ1) is 11.6. The summed E-state index contributed by atoms with van der Waals surface area (Å²) in [6, 6.07) is 11.3. The molecule has 1 aromatic carbocycles. The normalized spacial score (nSPS) is 12.2. The fourth-order valence-corrected chi connectivity index (χ4v) is 1.48. The van der Waals surface area contributed by atoms with Crippen LogP contribution in [0.3, 0.4) is 0 Å². The minimum absolute atomic E-state index is 0.505. The summed E-state index contributed by atoms with van der Waals surface area (Å²) in [6.07, 6.45) is 1.12. The Bertz CT molecular complexity index is 492. The van der Waals surface area contributed by atoms with Crippen LogP contribution in [-0.2, 0) is 0 Å². The number of aryl methyl sites for hydroxylation is 1. The van der Waals surface area contributed by atoms with Gasteiger partial charge in [-0.1, -0.05) is 18.2 Å². The van der Waals surface area contributed by atoms with E-state index in [0.717, 1.165) is 16.9 Å². The number of aromatic nitrogens is 1. The van der Waals surface area contributed by atoms with E-state index >= 15 is 0 Å². The molecule has 0 aliphatic heterocycles. The second kappa shape index (κ2) is 4.97. The zero-order chi connectivity index (χ0) is 12.3. The number of ether oxygens (including phenoxy) is 1. The number of hydrogen-bond acceptors (Lipinski definition) is 3. The van der Waals surface area contributed by atoms with Crippen LogP contribution in [0.5, 0.6) is 11.6 Å². The predicted molar refractivity (Wildman–Crippen MR) is 66.1 cm³/mol. The minimum Gasteiger partial charge on any atom is -0.439 e. The third-order valence-corrected chi connectivity index (χ3v) is 2.55. The third kappa shape index (κ3) is 2.82. The Labute approximate surface area is 101 Å². The first-order valence-electron chi connectivity index (χ1n) is 5.54. The van der Waals surface area contributed by atoms with Crippen molar-refractivity contribution in [3.8, 4) is 11.6 Å². The van der Waals surface area contributed by atoms with Crippen molar-refractivity contribution in [2.75, 3.05) is 0 Å². The van der Waals surface area contributed by atoms with E-state index in [1.165, 1.54) is 0 Å². The van der Waals surface area contributed by atoms with Crippen LogP contribution < -0.4 is 4.74 Å². The van der Waals surface area contributed by atoms with E-state index in [1.807, 2.05) is 37.3 Å². The maximum Gasteiger partial charge on any atom is 0.219 e. The SMILES string of the molecule is Cc1ccccc1Oc1ccc([C@H](C)O)cn1. The minimum atomic E-state index is -0.505. The summed E-state index contributed by atoms with van der Waals surface area (Å²) in [5.74, 6) is 1.33. The average molecular weight is 229 g/mol. The Morgan fingerprint density at radius 1 is 1.18 bits per heavy atom. The summed E-state index contributed by atoms with van der Waals surface area (Å²) >= 11 is 0. The van der Waals surface area contributed by atoms with Crippen molar-refractivity contribution < 1.29 is 9.84 Å². The molecule has 2 rings (SSSR count). The van der Waals surface area contributed by atoms with Gasteiger partial charge in [0.05, 0.1) is 6.10 Å². The van der Waals surface area contributed by atoms with Crippen molar-refractivity contribution in [2.24, 2.45) is 0 Å². The van der Waals surface area contributed by atoms with Gasteiger partial charge in [0, 0.05) is 12.3 Å². The molecule has 0 aliphatic carbocycles. The maximum absolute atomic E-state index is 9.37. The number of para-hydroxylation sites is 1. The molecule has 3 heteroatoms. The highest BCUT2D eigenvalue weighted by Crippen LogP contribution is 2.23. The molecule has 0 unspecified atom stereocenters. The molecular formula is C14H15NO2. The van der Waals surface area contributed by atoms with E-state index in [9.17, 15) is 5.11 Å². The van der Waals surface area contributed by atoms with E-state index in [0.29, 0.717) is 5.88 Å². The first-order chi connectivity index (χ1) is 8.16. The molecule has 3 nitrogen and oxygen atoms in total. The fraction of sp³-hybridized carbons (Fsp3) is 0.214. The Kier molecular flexibility index (Phi) is 3.40. The molecule has 88 valence electrons. The van der Waals surface area contributed by atoms with E-state index in [-0.39, 0.29) is 0 Å². The van der Waals surface area contributed by atoms with Crippen molar-refractivity contribution in [3.63, 3.8) is 0 Å². The number of nitrogens with zero attached hydrogens (tertiary/aromatic N) is 1. The van der Waals surface area contributed by atoms with Gasteiger partial charge in [0.15, 0.2) is 0 Å². The van der Waals surface area contributed by atoms with Gasteiger partial charge in [0.25, 0.3) is 0 Å². The molecule has 1 atom stereocenters. The Hall–Kier alpha value is -1.87. The summed E-state index contributed by atoms with van der Waals surface area (Å²) in [4.78, 5) is 4.15. The van der Waals surface area contributed by atoms with Crippen LogP contribution in [0.1, 0.15) is 24.2 Å². The highest BCUT2D eigenvalue weighted by atomic mass is 16.5. The number of hydrogen-bond donors (Lipinski definition) is 1. The van der Waals surface area contributed by atoms with E-state index in [2.05, 4.69) is 4.98 Å². The van der Waals surface area contributed by atoms with Gasteiger partial charge in [-0.15, -0.1) is 0 Å². The Balaban J connectivity index is 2.17. The molecule has 0 saturated carbocycles. The summed E-state index contributed by atoms with van der Waals surface area (Å²) < 4.78 is 5.65. The van der Waals surface area contributed by atoms with Crippen LogP contribution in [-0.4, -0.2) is 10.1 Å². The third-order valence-electron chi connectivity index (χ3n) is 2.55. The molecule has 17 heavy (non-hydrogen) atoms.